The van der Waals surface area contributed by atoms with Crippen LogP contribution in [0.25, 0.3) is 11.3 Å². The van der Waals surface area contributed by atoms with Gasteiger partial charge in [0.05, 0.1) is 5.69 Å². The predicted octanol–water partition coefficient (Wildman–Crippen LogP) is 3.57. The molecule has 3 aromatic rings. The lowest BCUT2D eigenvalue weighted by Crippen LogP contribution is -1.89. The molecule has 0 amide bonds. The van der Waals surface area contributed by atoms with Gasteiger partial charge in [-0.15, -0.1) is 0 Å². The average Bonchev–Trinajstić information content (AvgIpc) is 2.91. The quantitative estimate of drug-likeness (QED) is 0.508. The predicted molar refractivity (Wildman–Crippen MR) is 78.2 cm³/mol. The van der Waals surface area contributed by atoms with Crippen molar-refractivity contribution in [2.24, 2.45) is 0 Å². The van der Waals surface area contributed by atoms with Crippen molar-refractivity contribution < 1.29 is 5.11 Å². The van der Waals surface area contributed by atoms with E-state index in [1.165, 1.54) is 0 Å². The van der Waals surface area contributed by atoms with Crippen molar-refractivity contribution in [3.05, 3.63) is 53.8 Å². The molecule has 100 valence electrons. The molecule has 0 radical (unpaired) electrons. The molecule has 0 bridgehead atoms. The van der Waals surface area contributed by atoms with Crippen LogP contribution in [-0.4, -0.2) is 20.3 Å². The Morgan fingerprint density at radius 3 is 2.60 bits per heavy atom. The maximum Gasteiger partial charge on any atom is 0.152 e. The van der Waals surface area contributed by atoms with Crippen LogP contribution in [0.2, 0.25) is 5.15 Å². The molecule has 0 atom stereocenters. The molecule has 0 unspecified atom stereocenters. The van der Waals surface area contributed by atoms with Crippen molar-refractivity contribution in [2.45, 2.75) is 0 Å². The van der Waals surface area contributed by atoms with E-state index in [4.69, 9.17) is 11.6 Å². The maximum atomic E-state index is 9.23. The summed E-state index contributed by atoms with van der Waals surface area (Å²) in [4.78, 5) is 4.03. The number of halogens is 1. The number of benzene rings is 1. The van der Waals surface area contributed by atoms with Gasteiger partial charge in [0.25, 0.3) is 0 Å². The molecule has 5 nitrogen and oxygen atoms in total. The van der Waals surface area contributed by atoms with Crippen LogP contribution in [0.5, 0.6) is 5.75 Å². The maximum absolute atomic E-state index is 9.23. The van der Waals surface area contributed by atoms with E-state index < -0.39 is 0 Å². The topological polar surface area (TPSA) is 73.8 Å². The molecule has 2 heterocycles. The van der Waals surface area contributed by atoms with Gasteiger partial charge in [-0.2, -0.15) is 5.10 Å². The first-order valence-corrected chi connectivity index (χ1v) is 6.32. The molecule has 0 aliphatic carbocycles. The van der Waals surface area contributed by atoms with Crippen LogP contribution >= 0.6 is 11.6 Å². The summed E-state index contributed by atoms with van der Waals surface area (Å²) in [5.41, 5.74) is 2.59. The first-order chi connectivity index (χ1) is 9.70. The fraction of sp³-hybridized carbons (Fsp3) is 0. The standard InChI is InChI=1S/C14H11ClN4O/c15-13-6-1-9(8-16-13)12-7-14(19-18-12)17-10-2-4-11(20)5-3-10/h1-8,20H,(H2,17,18,19). The highest BCUT2D eigenvalue weighted by atomic mass is 35.5. The van der Waals surface area contributed by atoms with Crippen molar-refractivity contribution >= 4 is 23.1 Å². The molecule has 20 heavy (non-hydrogen) atoms. The second-order valence-corrected chi connectivity index (χ2v) is 4.60. The van der Waals surface area contributed by atoms with Gasteiger partial charge in [0.15, 0.2) is 5.82 Å². The van der Waals surface area contributed by atoms with Crippen molar-refractivity contribution in [1.82, 2.24) is 15.2 Å². The van der Waals surface area contributed by atoms with Crippen LogP contribution < -0.4 is 5.32 Å². The van der Waals surface area contributed by atoms with E-state index >= 15 is 0 Å². The van der Waals surface area contributed by atoms with Gasteiger partial charge in [-0.25, -0.2) is 4.98 Å². The molecular weight excluding hydrogens is 276 g/mol. The highest BCUT2D eigenvalue weighted by Gasteiger charge is 2.04. The summed E-state index contributed by atoms with van der Waals surface area (Å²) in [5, 5.41) is 19.9. The second kappa shape index (κ2) is 5.22. The number of phenols is 1. The van der Waals surface area contributed by atoms with Gasteiger partial charge in [-0.05, 0) is 36.4 Å². The summed E-state index contributed by atoms with van der Waals surface area (Å²) >= 11 is 5.75. The van der Waals surface area contributed by atoms with Crippen molar-refractivity contribution in [3.8, 4) is 17.0 Å². The molecule has 0 aliphatic rings. The van der Waals surface area contributed by atoms with E-state index in [9.17, 15) is 5.11 Å². The zero-order valence-electron chi connectivity index (χ0n) is 10.3. The first kappa shape index (κ1) is 12.5. The number of H-pyrrole nitrogens is 1. The normalized spacial score (nSPS) is 10.4. The number of anilines is 2. The molecule has 6 heteroatoms. The molecule has 1 aromatic carbocycles. The van der Waals surface area contributed by atoms with Gasteiger partial charge < -0.3 is 10.4 Å². The van der Waals surface area contributed by atoms with Gasteiger partial charge in [0, 0.05) is 23.5 Å². The van der Waals surface area contributed by atoms with E-state index in [2.05, 4.69) is 20.5 Å². The van der Waals surface area contributed by atoms with E-state index in [1.807, 2.05) is 12.1 Å². The Morgan fingerprint density at radius 1 is 1.10 bits per heavy atom. The number of aromatic amines is 1. The number of hydrogen-bond donors (Lipinski definition) is 3. The smallest absolute Gasteiger partial charge is 0.152 e. The average molecular weight is 287 g/mol. The molecule has 3 N–H and O–H groups in total. The van der Waals surface area contributed by atoms with Crippen LogP contribution in [0.4, 0.5) is 11.5 Å². The van der Waals surface area contributed by atoms with E-state index in [0.29, 0.717) is 11.0 Å². The third-order valence-corrected chi connectivity index (χ3v) is 2.98. The lowest BCUT2D eigenvalue weighted by Gasteiger charge is -2.01. The Bertz CT molecular complexity index is 707. The summed E-state index contributed by atoms with van der Waals surface area (Å²) in [6.07, 6.45) is 1.68. The number of phenolic OH excluding ortho intramolecular Hbond substituents is 1. The number of aromatic hydroxyl groups is 1. The van der Waals surface area contributed by atoms with Gasteiger partial charge in [-0.3, -0.25) is 5.10 Å². The zero-order valence-corrected chi connectivity index (χ0v) is 11.1. The summed E-state index contributed by atoms with van der Waals surface area (Å²) in [6, 6.07) is 12.2. The Balaban J connectivity index is 1.80. The fourth-order valence-corrected chi connectivity index (χ4v) is 1.87. The fourth-order valence-electron chi connectivity index (χ4n) is 1.76. The van der Waals surface area contributed by atoms with E-state index in [-0.39, 0.29) is 5.75 Å². The summed E-state index contributed by atoms with van der Waals surface area (Å²) < 4.78 is 0. The minimum atomic E-state index is 0.227. The SMILES string of the molecule is Oc1ccc(Nc2cc(-c3ccc(Cl)nc3)[nH]n2)cc1. The number of nitrogens with one attached hydrogen (secondary N) is 2. The van der Waals surface area contributed by atoms with Crippen LogP contribution in [0.3, 0.4) is 0 Å². The molecule has 3 rings (SSSR count). The number of hydrogen-bond acceptors (Lipinski definition) is 4. The van der Waals surface area contributed by atoms with Crippen LogP contribution in [0, 0.1) is 0 Å². The minimum Gasteiger partial charge on any atom is -0.508 e. The Morgan fingerprint density at radius 2 is 1.90 bits per heavy atom. The van der Waals surface area contributed by atoms with Crippen molar-refractivity contribution in [1.29, 1.82) is 0 Å². The first-order valence-electron chi connectivity index (χ1n) is 5.94. The van der Waals surface area contributed by atoms with Gasteiger partial charge in [0.2, 0.25) is 0 Å². The highest BCUT2D eigenvalue weighted by molar-refractivity contribution is 6.29. The number of rotatable bonds is 3. The zero-order chi connectivity index (χ0) is 13.9. The molecule has 0 saturated carbocycles. The largest absolute Gasteiger partial charge is 0.508 e. The summed E-state index contributed by atoms with van der Waals surface area (Å²) in [7, 11) is 0. The van der Waals surface area contributed by atoms with Gasteiger partial charge >= 0.3 is 0 Å². The Hall–Kier alpha value is -2.53. The lowest BCUT2D eigenvalue weighted by molar-refractivity contribution is 0.475. The lowest BCUT2D eigenvalue weighted by atomic mass is 10.2. The van der Waals surface area contributed by atoms with Gasteiger partial charge in [-0.1, -0.05) is 11.6 Å². The van der Waals surface area contributed by atoms with E-state index in [0.717, 1.165) is 16.9 Å². The van der Waals surface area contributed by atoms with Crippen molar-refractivity contribution in [3.63, 3.8) is 0 Å². The second-order valence-electron chi connectivity index (χ2n) is 4.21. The summed E-state index contributed by atoms with van der Waals surface area (Å²) in [5.74, 6) is 0.908. The number of nitrogens with zero attached hydrogens (tertiary/aromatic N) is 2. The highest BCUT2D eigenvalue weighted by Crippen LogP contribution is 2.23. The molecule has 0 fully saturated rings. The van der Waals surface area contributed by atoms with Gasteiger partial charge in [0.1, 0.15) is 10.9 Å². The minimum absolute atomic E-state index is 0.227. The molecule has 0 spiro atoms. The summed E-state index contributed by atoms with van der Waals surface area (Å²) in [6.45, 7) is 0. The van der Waals surface area contributed by atoms with Crippen LogP contribution in [0.15, 0.2) is 48.7 Å². The third-order valence-electron chi connectivity index (χ3n) is 2.76. The van der Waals surface area contributed by atoms with Crippen LogP contribution in [0.1, 0.15) is 0 Å². The van der Waals surface area contributed by atoms with Crippen LogP contribution in [-0.2, 0) is 0 Å². The molecule has 2 aromatic heterocycles. The third kappa shape index (κ3) is 2.73. The monoisotopic (exact) mass is 286 g/mol. The molecule has 0 aliphatic heterocycles. The number of aromatic nitrogens is 3. The Labute approximate surface area is 120 Å². The molecule has 0 saturated heterocycles. The molecular formula is C14H11ClN4O. The number of pyridine rings is 1. The van der Waals surface area contributed by atoms with Crippen molar-refractivity contribution in [2.75, 3.05) is 5.32 Å². The Kier molecular flexibility index (Phi) is 3.26. The van der Waals surface area contributed by atoms with E-state index in [1.54, 1.807) is 36.5 Å².